The lowest BCUT2D eigenvalue weighted by molar-refractivity contribution is 0.0827. The lowest BCUT2D eigenvalue weighted by Crippen LogP contribution is -2.23. The molecule has 84 valence electrons. The van der Waals surface area contributed by atoms with Gasteiger partial charge in [-0.3, -0.25) is 4.79 Å². The third-order valence-electron chi connectivity index (χ3n) is 2.61. The van der Waals surface area contributed by atoms with Crippen molar-refractivity contribution < 1.29 is 4.79 Å². The highest BCUT2D eigenvalue weighted by Crippen LogP contribution is 2.32. The monoisotopic (exact) mass is 226 g/mol. The third kappa shape index (κ3) is 2.31. The number of rotatable bonds is 3. The van der Waals surface area contributed by atoms with E-state index in [9.17, 15) is 4.79 Å². The highest BCUT2D eigenvalue weighted by Gasteiger charge is 2.21. The van der Waals surface area contributed by atoms with Crippen LogP contribution in [0.15, 0.2) is 5.38 Å². The summed E-state index contributed by atoms with van der Waals surface area (Å²) in [5, 5.41) is 2.63. The second kappa shape index (κ2) is 4.66. The Morgan fingerprint density at radius 2 is 2.20 bits per heavy atom. The Balaban J connectivity index is 3.15. The fraction of sp³-hybridized carbons (Fsp3) is 0.545. The number of hydrogen-bond acceptors (Lipinski definition) is 3. The molecule has 2 N–H and O–H groups in total. The van der Waals surface area contributed by atoms with Gasteiger partial charge in [-0.05, 0) is 23.3 Å². The molecule has 0 radical (unpaired) electrons. The SMILES string of the molecule is CCC(C)c1csc(N)c1C(=O)N(C)C. The Morgan fingerprint density at radius 3 is 2.67 bits per heavy atom. The molecular formula is C11H18N2OS. The van der Waals surface area contributed by atoms with Crippen molar-refractivity contribution >= 4 is 22.2 Å². The Hall–Kier alpha value is -1.03. The minimum Gasteiger partial charge on any atom is -0.390 e. The van der Waals surface area contributed by atoms with Gasteiger partial charge in [-0.2, -0.15) is 0 Å². The Labute approximate surface area is 94.9 Å². The average molecular weight is 226 g/mol. The first-order valence-electron chi connectivity index (χ1n) is 5.07. The predicted molar refractivity (Wildman–Crippen MR) is 65.5 cm³/mol. The van der Waals surface area contributed by atoms with E-state index in [2.05, 4.69) is 13.8 Å². The molecule has 15 heavy (non-hydrogen) atoms. The van der Waals surface area contributed by atoms with E-state index in [1.165, 1.54) is 11.3 Å². The summed E-state index contributed by atoms with van der Waals surface area (Å²) in [5.41, 5.74) is 7.62. The molecular weight excluding hydrogens is 208 g/mol. The number of thiophene rings is 1. The van der Waals surface area contributed by atoms with Crippen LogP contribution in [0.2, 0.25) is 0 Å². The Morgan fingerprint density at radius 1 is 1.60 bits per heavy atom. The minimum atomic E-state index is 0.00375. The number of nitrogens with zero attached hydrogens (tertiary/aromatic N) is 1. The molecule has 0 bridgehead atoms. The molecule has 0 aromatic carbocycles. The molecule has 0 saturated heterocycles. The number of carbonyl (C=O) groups excluding carboxylic acids is 1. The van der Waals surface area contributed by atoms with E-state index in [1.54, 1.807) is 19.0 Å². The smallest absolute Gasteiger partial charge is 0.256 e. The first-order valence-corrected chi connectivity index (χ1v) is 5.95. The second-order valence-electron chi connectivity index (χ2n) is 3.94. The van der Waals surface area contributed by atoms with Crippen molar-refractivity contribution in [1.82, 2.24) is 4.90 Å². The number of hydrogen-bond donors (Lipinski definition) is 1. The standard InChI is InChI=1S/C11H18N2OS/c1-5-7(2)8-6-15-10(12)9(8)11(14)13(3)4/h6-7H,5,12H2,1-4H3. The molecule has 3 nitrogen and oxygen atoms in total. The zero-order valence-electron chi connectivity index (χ0n) is 9.70. The number of carbonyl (C=O) groups is 1. The summed E-state index contributed by atoms with van der Waals surface area (Å²) in [7, 11) is 3.50. The van der Waals surface area contributed by atoms with E-state index < -0.39 is 0 Å². The molecule has 0 spiro atoms. The molecule has 1 rings (SSSR count). The van der Waals surface area contributed by atoms with Crippen molar-refractivity contribution in [1.29, 1.82) is 0 Å². The first-order chi connectivity index (χ1) is 6.99. The van der Waals surface area contributed by atoms with Gasteiger partial charge in [0.15, 0.2) is 0 Å². The van der Waals surface area contributed by atoms with E-state index in [-0.39, 0.29) is 5.91 Å². The summed E-state index contributed by atoms with van der Waals surface area (Å²) in [6, 6.07) is 0. The predicted octanol–water partition coefficient (Wildman–Crippen LogP) is 2.55. The van der Waals surface area contributed by atoms with E-state index in [1.807, 2.05) is 5.38 Å². The van der Waals surface area contributed by atoms with Crippen LogP contribution in [0.5, 0.6) is 0 Å². The van der Waals surface area contributed by atoms with Gasteiger partial charge in [0.2, 0.25) is 0 Å². The maximum Gasteiger partial charge on any atom is 0.256 e. The summed E-state index contributed by atoms with van der Waals surface area (Å²) in [6.45, 7) is 4.23. The van der Waals surface area contributed by atoms with Crippen LogP contribution in [-0.2, 0) is 0 Å². The lowest BCUT2D eigenvalue weighted by Gasteiger charge is -2.14. The van der Waals surface area contributed by atoms with Gasteiger partial charge in [-0.25, -0.2) is 0 Å². The molecule has 4 heteroatoms. The van der Waals surface area contributed by atoms with Crippen LogP contribution in [0.1, 0.15) is 42.1 Å². The maximum absolute atomic E-state index is 11.9. The van der Waals surface area contributed by atoms with Crippen LogP contribution in [0, 0.1) is 0 Å². The molecule has 1 aromatic heterocycles. The molecule has 1 atom stereocenters. The van der Waals surface area contributed by atoms with Gasteiger partial charge in [0.1, 0.15) is 0 Å². The van der Waals surface area contributed by atoms with Crippen molar-refractivity contribution in [3.8, 4) is 0 Å². The van der Waals surface area contributed by atoms with Gasteiger partial charge < -0.3 is 10.6 Å². The molecule has 0 aliphatic heterocycles. The van der Waals surface area contributed by atoms with E-state index in [0.717, 1.165) is 12.0 Å². The maximum atomic E-state index is 11.9. The number of anilines is 1. The van der Waals surface area contributed by atoms with E-state index in [4.69, 9.17) is 5.73 Å². The van der Waals surface area contributed by atoms with E-state index >= 15 is 0 Å². The summed E-state index contributed by atoms with van der Waals surface area (Å²) in [6.07, 6.45) is 1.02. The highest BCUT2D eigenvalue weighted by atomic mass is 32.1. The molecule has 0 fully saturated rings. The molecule has 0 aliphatic carbocycles. The molecule has 0 aliphatic rings. The number of nitrogen functional groups attached to an aromatic ring is 1. The van der Waals surface area contributed by atoms with Gasteiger partial charge in [-0.15, -0.1) is 11.3 Å². The molecule has 1 unspecified atom stereocenters. The molecule has 1 amide bonds. The summed E-state index contributed by atoms with van der Waals surface area (Å²) in [5.74, 6) is 0.390. The van der Waals surface area contributed by atoms with Gasteiger partial charge in [-0.1, -0.05) is 13.8 Å². The number of amides is 1. The van der Waals surface area contributed by atoms with Crippen molar-refractivity contribution in [2.75, 3.05) is 19.8 Å². The topological polar surface area (TPSA) is 46.3 Å². The van der Waals surface area contributed by atoms with E-state index in [0.29, 0.717) is 16.5 Å². The van der Waals surface area contributed by atoms with Crippen molar-refractivity contribution in [3.05, 3.63) is 16.5 Å². The molecule has 1 heterocycles. The summed E-state index contributed by atoms with van der Waals surface area (Å²) in [4.78, 5) is 13.5. The third-order valence-corrected chi connectivity index (χ3v) is 3.44. The van der Waals surface area contributed by atoms with Gasteiger partial charge in [0, 0.05) is 14.1 Å². The fourth-order valence-electron chi connectivity index (χ4n) is 1.42. The van der Waals surface area contributed by atoms with Crippen molar-refractivity contribution in [3.63, 3.8) is 0 Å². The normalized spacial score (nSPS) is 12.5. The van der Waals surface area contributed by atoms with Gasteiger partial charge in [0.05, 0.1) is 10.6 Å². The second-order valence-corrected chi connectivity index (χ2v) is 4.85. The van der Waals surface area contributed by atoms with Crippen LogP contribution in [0.4, 0.5) is 5.00 Å². The zero-order chi connectivity index (χ0) is 11.6. The summed E-state index contributed by atoms with van der Waals surface area (Å²) < 4.78 is 0. The quantitative estimate of drug-likeness (QED) is 0.861. The highest BCUT2D eigenvalue weighted by molar-refractivity contribution is 7.14. The Kier molecular flexibility index (Phi) is 3.74. The first kappa shape index (κ1) is 12.0. The van der Waals surface area contributed by atoms with Crippen LogP contribution >= 0.6 is 11.3 Å². The van der Waals surface area contributed by atoms with Gasteiger partial charge >= 0.3 is 0 Å². The largest absolute Gasteiger partial charge is 0.390 e. The van der Waals surface area contributed by atoms with Crippen LogP contribution in [-0.4, -0.2) is 24.9 Å². The van der Waals surface area contributed by atoms with Crippen molar-refractivity contribution in [2.24, 2.45) is 0 Å². The van der Waals surface area contributed by atoms with Crippen LogP contribution in [0.25, 0.3) is 0 Å². The van der Waals surface area contributed by atoms with Crippen LogP contribution < -0.4 is 5.73 Å². The molecule has 0 saturated carbocycles. The van der Waals surface area contributed by atoms with Crippen LogP contribution in [0.3, 0.4) is 0 Å². The average Bonchev–Trinajstić information content (AvgIpc) is 2.57. The lowest BCUT2D eigenvalue weighted by atomic mass is 9.97. The number of nitrogens with two attached hydrogens (primary N) is 1. The Bertz CT molecular complexity index is 357. The zero-order valence-corrected chi connectivity index (χ0v) is 10.5. The summed E-state index contributed by atoms with van der Waals surface area (Å²) >= 11 is 1.45. The van der Waals surface area contributed by atoms with Gasteiger partial charge in [0.25, 0.3) is 5.91 Å². The molecule has 1 aromatic rings. The minimum absolute atomic E-state index is 0.00375. The van der Waals surface area contributed by atoms with Crippen molar-refractivity contribution in [2.45, 2.75) is 26.2 Å². The fourth-order valence-corrected chi connectivity index (χ4v) is 2.35.